The Bertz CT molecular complexity index is 1550. The molecule has 0 spiro atoms. The molecule has 2 bridgehead atoms. The largest absolute Gasteiger partial charge is 0.459 e. The molecule has 2 saturated heterocycles. The van der Waals surface area contributed by atoms with Crippen molar-refractivity contribution in [2.24, 2.45) is 0 Å². The smallest absolute Gasteiger partial charge is 0.328 e. The molecule has 2 unspecified atom stereocenters. The van der Waals surface area contributed by atoms with E-state index in [0.29, 0.717) is 41.6 Å². The summed E-state index contributed by atoms with van der Waals surface area (Å²) in [5, 5.41) is 7.38. The predicted octanol–water partition coefficient (Wildman–Crippen LogP) is 3.68. The van der Waals surface area contributed by atoms with Gasteiger partial charge in [0.2, 0.25) is 5.95 Å². The molecule has 3 fully saturated rings. The van der Waals surface area contributed by atoms with Gasteiger partial charge < -0.3 is 24.4 Å². The van der Waals surface area contributed by atoms with Crippen LogP contribution in [0.25, 0.3) is 11.0 Å². The van der Waals surface area contributed by atoms with E-state index in [2.05, 4.69) is 25.2 Å². The second-order valence-electron chi connectivity index (χ2n) is 13.2. The molecule has 12 heteroatoms. The lowest BCUT2D eigenvalue weighted by Gasteiger charge is -2.40. The molecule has 0 aromatic carbocycles. The highest BCUT2D eigenvalue weighted by Crippen LogP contribution is 2.35. The maximum Gasteiger partial charge on any atom is 0.328 e. The Morgan fingerprint density at radius 2 is 1.86 bits per heavy atom. The summed E-state index contributed by atoms with van der Waals surface area (Å²) in [6.45, 7) is 6.32. The molecule has 3 aromatic heterocycles. The maximum absolute atomic E-state index is 13.5. The highest BCUT2D eigenvalue weighted by Gasteiger charge is 2.52. The topological polar surface area (TPSA) is 135 Å². The Labute approximate surface area is 251 Å². The summed E-state index contributed by atoms with van der Waals surface area (Å²) in [5.41, 5.74) is 0.279. The Balaban J connectivity index is 1.19. The van der Waals surface area contributed by atoms with Crippen LogP contribution in [-0.4, -0.2) is 91.5 Å². The lowest BCUT2D eigenvalue weighted by molar-refractivity contribution is -0.164. The molecule has 1 saturated carbocycles. The van der Waals surface area contributed by atoms with Gasteiger partial charge in [0, 0.05) is 50.5 Å². The zero-order valence-corrected chi connectivity index (χ0v) is 25.5. The van der Waals surface area contributed by atoms with Crippen LogP contribution in [0.2, 0.25) is 0 Å². The van der Waals surface area contributed by atoms with Gasteiger partial charge >= 0.3 is 5.97 Å². The number of pyridine rings is 1. The third kappa shape index (κ3) is 5.67. The van der Waals surface area contributed by atoms with Crippen LogP contribution in [0, 0.1) is 0 Å². The first-order valence-electron chi connectivity index (χ1n) is 15.1. The van der Waals surface area contributed by atoms with E-state index in [9.17, 15) is 14.4 Å². The SMILES string of the molecule is CN(C)C(=O)c1cc2cnc(Nc3ccc(C(=O)N4CC5CCC(C(=O)OC(C)(C)C)(C4)N5)cn3)nc2n1C1CCCC1. The number of nitrogens with one attached hydrogen (secondary N) is 2. The number of anilines is 2. The summed E-state index contributed by atoms with van der Waals surface area (Å²) in [5.74, 6) is 0.302. The van der Waals surface area contributed by atoms with Crippen molar-refractivity contribution in [1.82, 2.24) is 34.6 Å². The molecule has 12 nitrogen and oxygen atoms in total. The Hall–Kier alpha value is -4.06. The van der Waals surface area contributed by atoms with Gasteiger partial charge in [0.15, 0.2) is 0 Å². The van der Waals surface area contributed by atoms with Crippen LogP contribution < -0.4 is 10.6 Å². The summed E-state index contributed by atoms with van der Waals surface area (Å²) < 4.78 is 7.77. The number of amides is 2. The molecule has 2 amide bonds. The van der Waals surface area contributed by atoms with Crippen LogP contribution in [-0.2, 0) is 9.53 Å². The number of likely N-dealkylation sites (tertiary alicyclic amines) is 1. The third-order valence-electron chi connectivity index (χ3n) is 8.52. The van der Waals surface area contributed by atoms with Gasteiger partial charge in [-0.05, 0) is 64.7 Å². The summed E-state index contributed by atoms with van der Waals surface area (Å²) in [6, 6.07) is 5.57. The van der Waals surface area contributed by atoms with Crippen LogP contribution >= 0.6 is 0 Å². The zero-order chi connectivity index (χ0) is 30.5. The van der Waals surface area contributed by atoms with Crippen molar-refractivity contribution in [2.75, 3.05) is 32.5 Å². The standard InChI is InChI=1S/C31H40N8O4/c1-30(2,3)43-28(42)31-13-12-21(36-31)17-38(18-31)26(40)19-10-11-24(32-15-19)34-29-33-16-20-14-23(27(41)37(4)5)39(25(20)35-29)22-8-6-7-9-22/h10-11,14-16,21-22,36H,6-9,12-13,17-18H2,1-5H3,(H,32,33,34,35). The lowest BCUT2D eigenvalue weighted by Crippen LogP contribution is -2.65. The van der Waals surface area contributed by atoms with Gasteiger partial charge in [-0.3, -0.25) is 14.9 Å². The number of hydrogen-bond donors (Lipinski definition) is 2. The van der Waals surface area contributed by atoms with Gasteiger partial charge in [-0.15, -0.1) is 0 Å². The first kappa shape index (κ1) is 29.0. The van der Waals surface area contributed by atoms with Crippen LogP contribution in [0.1, 0.15) is 86.2 Å². The summed E-state index contributed by atoms with van der Waals surface area (Å²) in [4.78, 5) is 56.6. The van der Waals surface area contributed by atoms with Gasteiger partial charge in [0.05, 0.1) is 12.1 Å². The van der Waals surface area contributed by atoms with Crippen LogP contribution in [0.15, 0.2) is 30.6 Å². The second kappa shape index (κ2) is 10.9. The zero-order valence-electron chi connectivity index (χ0n) is 25.5. The highest BCUT2D eigenvalue weighted by molar-refractivity contribution is 5.98. The fourth-order valence-corrected chi connectivity index (χ4v) is 6.52. The Kier molecular flexibility index (Phi) is 7.35. The minimum absolute atomic E-state index is 0.0444. The fourth-order valence-electron chi connectivity index (χ4n) is 6.52. The average molecular weight is 589 g/mol. The number of carbonyl (C=O) groups is 3. The Morgan fingerprint density at radius 3 is 2.53 bits per heavy atom. The number of rotatable bonds is 6. The monoisotopic (exact) mass is 588 g/mol. The molecule has 5 heterocycles. The number of aromatic nitrogens is 4. The van der Waals surface area contributed by atoms with Crippen molar-refractivity contribution in [1.29, 1.82) is 0 Å². The molecule has 1 aliphatic carbocycles. The summed E-state index contributed by atoms with van der Waals surface area (Å²) in [7, 11) is 3.51. The minimum atomic E-state index is -0.885. The number of esters is 1. The molecule has 2 atom stereocenters. The van der Waals surface area contributed by atoms with Gasteiger partial charge in [0.1, 0.15) is 28.3 Å². The molecule has 2 N–H and O–H groups in total. The number of carbonyl (C=O) groups excluding carboxylic acids is 3. The van der Waals surface area contributed by atoms with Crippen molar-refractivity contribution in [3.8, 4) is 0 Å². The van der Waals surface area contributed by atoms with E-state index in [0.717, 1.165) is 37.5 Å². The van der Waals surface area contributed by atoms with Crippen LogP contribution in [0.3, 0.4) is 0 Å². The Morgan fingerprint density at radius 1 is 1.09 bits per heavy atom. The second-order valence-corrected chi connectivity index (χ2v) is 13.2. The predicted molar refractivity (Wildman–Crippen MR) is 161 cm³/mol. The fraction of sp³-hybridized carbons (Fsp3) is 0.548. The van der Waals surface area contributed by atoms with E-state index in [4.69, 9.17) is 9.72 Å². The van der Waals surface area contributed by atoms with E-state index >= 15 is 0 Å². The van der Waals surface area contributed by atoms with Gasteiger partial charge in [-0.25, -0.2) is 14.8 Å². The van der Waals surface area contributed by atoms with E-state index in [1.807, 2.05) is 26.8 Å². The first-order chi connectivity index (χ1) is 20.4. The molecular formula is C31H40N8O4. The first-order valence-corrected chi connectivity index (χ1v) is 15.1. The van der Waals surface area contributed by atoms with Crippen molar-refractivity contribution in [2.45, 2.75) is 82.5 Å². The molecule has 3 aromatic rings. The van der Waals surface area contributed by atoms with E-state index in [-0.39, 0.29) is 36.4 Å². The quantitative estimate of drug-likeness (QED) is 0.414. The van der Waals surface area contributed by atoms with Gasteiger partial charge in [-0.1, -0.05) is 12.8 Å². The summed E-state index contributed by atoms with van der Waals surface area (Å²) in [6.07, 6.45) is 8.97. The highest BCUT2D eigenvalue weighted by atomic mass is 16.6. The summed E-state index contributed by atoms with van der Waals surface area (Å²) >= 11 is 0. The number of piperazine rings is 1. The maximum atomic E-state index is 13.5. The molecule has 3 aliphatic rings. The van der Waals surface area contributed by atoms with Crippen LogP contribution in [0.4, 0.5) is 11.8 Å². The van der Waals surface area contributed by atoms with E-state index in [1.165, 1.54) is 6.20 Å². The molecule has 0 radical (unpaired) electrons. The molecule has 228 valence electrons. The van der Waals surface area contributed by atoms with Crippen molar-refractivity contribution >= 4 is 40.6 Å². The van der Waals surface area contributed by atoms with Crippen molar-refractivity contribution in [3.05, 3.63) is 41.9 Å². The lowest BCUT2D eigenvalue weighted by atomic mass is 9.96. The van der Waals surface area contributed by atoms with Crippen LogP contribution in [0.5, 0.6) is 0 Å². The normalized spacial score (nSPS) is 22.2. The number of nitrogens with zero attached hydrogens (tertiary/aromatic N) is 6. The molecular weight excluding hydrogens is 548 g/mol. The third-order valence-corrected chi connectivity index (χ3v) is 8.52. The van der Waals surface area contributed by atoms with Crippen molar-refractivity contribution in [3.63, 3.8) is 0 Å². The minimum Gasteiger partial charge on any atom is -0.459 e. The van der Waals surface area contributed by atoms with E-state index < -0.39 is 11.1 Å². The molecule has 2 aliphatic heterocycles. The number of fused-ring (bicyclic) bond motifs is 3. The number of hydrogen-bond acceptors (Lipinski definition) is 9. The van der Waals surface area contributed by atoms with Gasteiger partial charge in [-0.2, -0.15) is 4.98 Å². The number of ether oxygens (including phenoxy) is 1. The molecule has 6 rings (SSSR count). The van der Waals surface area contributed by atoms with Gasteiger partial charge in [0.25, 0.3) is 11.8 Å². The van der Waals surface area contributed by atoms with E-state index in [1.54, 1.807) is 42.2 Å². The van der Waals surface area contributed by atoms with Crippen molar-refractivity contribution < 1.29 is 19.1 Å². The molecule has 43 heavy (non-hydrogen) atoms. The average Bonchev–Trinajstić information content (AvgIpc) is 3.69.